The Morgan fingerprint density at radius 2 is 2.20 bits per heavy atom. The van der Waals surface area contributed by atoms with Gasteiger partial charge in [0.05, 0.1) is 17.4 Å². The van der Waals surface area contributed by atoms with Gasteiger partial charge in [-0.2, -0.15) is 9.57 Å². The van der Waals surface area contributed by atoms with Gasteiger partial charge in [-0.25, -0.2) is 8.42 Å². The lowest BCUT2D eigenvalue weighted by Gasteiger charge is -2.26. The maximum atomic E-state index is 12.6. The highest BCUT2D eigenvalue weighted by atomic mass is 32.2. The number of hydrogen-bond acceptors (Lipinski definition) is 4. The van der Waals surface area contributed by atoms with E-state index in [0.717, 1.165) is 13.0 Å². The molecular weight excluding hydrogens is 274 g/mol. The van der Waals surface area contributed by atoms with Crippen molar-refractivity contribution in [2.45, 2.75) is 25.1 Å². The standard InChI is InChI=1S/C14H19N3O2S/c1-2-17(14-7-8-16-10-14)20(18,19)11-13-6-4-3-5-12(13)9-15/h3-6,14,16H,2,7-8,10-11H2,1H3. The fourth-order valence-corrected chi connectivity index (χ4v) is 4.44. The second-order valence-electron chi connectivity index (χ2n) is 4.88. The molecule has 1 N–H and O–H groups in total. The highest BCUT2D eigenvalue weighted by Crippen LogP contribution is 2.19. The number of sulfonamides is 1. The predicted molar refractivity (Wildman–Crippen MR) is 77.4 cm³/mol. The summed E-state index contributed by atoms with van der Waals surface area (Å²) < 4.78 is 26.7. The topological polar surface area (TPSA) is 73.2 Å². The van der Waals surface area contributed by atoms with Gasteiger partial charge in [-0.05, 0) is 24.6 Å². The number of likely N-dealkylation sites (N-methyl/N-ethyl adjacent to an activating group) is 1. The number of rotatable bonds is 5. The van der Waals surface area contributed by atoms with Crippen molar-refractivity contribution >= 4 is 10.0 Å². The van der Waals surface area contributed by atoms with Crippen molar-refractivity contribution in [1.29, 1.82) is 5.26 Å². The number of benzene rings is 1. The lowest BCUT2D eigenvalue weighted by molar-refractivity contribution is 0.348. The Morgan fingerprint density at radius 3 is 2.80 bits per heavy atom. The van der Waals surface area contributed by atoms with Gasteiger partial charge in [-0.3, -0.25) is 0 Å². The highest BCUT2D eigenvalue weighted by Gasteiger charge is 2.31. The van der Waals surface area contributed by atoms with Crippen LogP contribution in [0.2, 0.25) is 0 Å². The van der Waals surface area contributed by atoms with E-state index in [4.69, 9.17) is 5.26 Å². The summed E-state index contributed by atoms with van der Waals surface area (Å²) in [5.41, 5.74) is 0.996. The second kappa shape index (κ2) is 6.35. The molecule has 1 heterocycles. The molecule has 1 unspecified atom stereocenters. The van der Waals surface area contributed by atoms with Gasteiger partial charge < -0.3 is 5.32 Å². The Kier molecular flexibility index (Phi) is 4.76. The minimum Gasteiger partial charge on any atom is -0.315 e. The average molecular weight is 293 g/mol. The number of nitrogens with one attached hydrogen (secondary N) is 1. The lowest BCUT2D eigenvalue weighted by atomic mass is 10.1. The summed E-state index contributed by atoms with van der Waals surface area (Å²) in [5, 5.41) is 12.2. The van der Waals surface area contributed by atoms with E-state index in [-0.39, 0.29) is 11.8 Å². The van der Waals surface area contributed by atoms with Crippen molar-refractivity contribution in [3.63, 3.8) is 0 Å². The number of nitrogens with zero attached hydrogens (tertiary/aromatic N) is 2. The van der Waals surface area contributed by atoms with E-state index in [0.29, 0.717) is 24.2 Å². The molecule has 0 aliphatic carbocycles. The third kappa shape index (κ3) is 3.18. The van der Waals surface area contributed by atoms with E-state index < -0.39 is 10.0 Å². The molecule has 1 aromatic carbocycles. The Balaban J connectivity index is 2.23. The second-order valence-corrected chi connectivity index (χ2v) is 6.80. The maximum Gasteiger partial charge on any atom is 0.218 e. The van der Waals surface area contributed by atoms with Crippen molar-refractivity contribution in [3.05, 3.63) is 35.4 Å². The molecule has 6 heteroatoms. The summed E-state index contributed by atoms with van der Waals surface area (Å²) in [7, 11) is -3.40. The Morgan fingerprint density at radius 1 is 1.45 bits per heavy atom. The molecule has 1 aromatic rings. The van der Waals surface area contributed by atoms with Gasteiger partial charge in [0.15, 0.2) is 0 Å². The fourth-order valence-electron chi connectivity index (χ4n) is 2.60. The molecule has 1 saturated heterocycles. The zero-order valence-corrected chi connectivity index (χ0v) is 12.4. The SMILES string of the molecule is CCN(C1CCNC1)S(=O)(=O)Cc1ccccc1C#N. The maximum absolute atomic E-state index is 12.6. The van der Waals surface area contributed by atoms with Gasteiger partial charge in [0, 0.05) is 19.1 Å². The normalized spacial score (nSPS) is 19.1. The third-order valence-electron chi connectivity index (χ3n) is 3.59. The molecule has 1 aliphatic heterocycles. The molecule has 0 spiro atoms. The quantitative estimate of drug-likeness (QED) is 0.881. The summed E-state index contributed by atoms with van der Waals surface area (Å²) in [4.78, 5) is 0. The van der Waals surface area contributed by atoms with Crippen LogP contribution in [0.1, 0.15) is 24.5 Å². The van der Waals surface area contributed by atoms with Crippen LogP contribution in [0.3, 0.4) is 0 Å². The Hall–Kier alpha value is -1.42. The fraction of sp³-hybridized carbons (Fsp3) is 0.500. The molecule has 0 radical (unpaired) electrons. The minimum absolute atomic E-state index is 0.0271. The van der Waals surface area contributed by atoms with Gasteiger partial charge in [0.25, 0.3) is 0 Å². The van der Waals surface area contributed by atoms with E-state index >= 15 is 0 Å². The van der Waals surface area contributed by atoms with E-state index in [1.54, 1.807) is 28.6 Å². The van der Waals surface area contributed by atoms with Gasteiger partial charge in [0.1, 0.15) is 0 Å². The molecule has 0 amide bonds. The average Bonchev–Trinajstić information content (AvgIpc) is 2.93. The zero-order chi connectivity index (χ0) is 14.6. The van der Waals surface area contributed by atoms with E-state index in [2.05, 4.69) is 5.32 Å². The minimum atomic E-state index is -3.40. The van der Waals surface area contributed by atoms with Crippen LogP contribution in [0.5, 0.6) is 0 Å². The van der Waals surface area contributed by atoms with E-state index in [9.17, 15) is 8.42 Å². The lowest BCUT2D eigenvalue weighted by Crippen LogP contribution is -2.42. The van der Waals surface area contributed by atoms with Gasteiger partial charge in [-0.15, -0.1) is 0 Å². The third-order valence-corrected chi connectivity index (χ3v) is 5.53. The molecule has 108 valence electrons. The van der Waals surface area contributed by atoms with Crippen LogP contribution in [0.4, 0.5) is 0 Å². The molecule has 2 rings (SSSR count). The van der Waals surface area contributed by atoms with Crippen LogP contribution in [0, 0.1) is 11.3 Å². The van der Waals surface area contributed by atoms with Gasteiger partial charge in [-0.1, -0.05) is 25.1 Å². The summed E-state index contributed by atoms with van der Waals surface area (Å²) in [6.45, 7) is 3.87. The summed E-state index contributed by atoms with van der Waals surface area (Å²) in [6.07, 6.45) is 0.840. The first-order chi connectivity index (χ1) is 9.58. The molecule has 1 fully saturated rings. The first-order valence-corrected chi connectivity index (χ1v) is 8.37. The summed E-state index contributed by atoms with van der Waals surface area (Å²) >= 11 is 0. The first kappa shape index (κ1) is 15.0. The van der Waals surface area contributed by atoms with Crippen molar-refractivity contribution in [3.8, 4) is 6.07 Å². The van der Waals surface area contributed by atoms with Gasteiger partial charge in [0.2, 0.25) is 10.0 Å². The molecule has 20 heavy (non-hydrogen) atoms. The number of hydrogen-bond donors (Lipinski definition) is 1. The summed E-state index contributed by atoms with van der Waals surface area (Å²) in [5.74, 6) is -0.110. The molecule has 0 bridgehead atoms. The number of nitriles is 1. The monoisotopic (exact) mass is 293 g/mol. The van der Waals surface area contributed by atoms with Crippen LogP contribution in [0.15, 0.2) is 24.3 Å². The van der Waals surface area contributed by atoms with Crippen molar-refractivity contribution in [2.75, 3.05) is 19.6 Å². The van der Waals surface area contributed by atoms with Crippen LogP contribution in [-0.2, 0) is 15.8 Å². The van der Waals surface area contributed by atoms with Crippen molar-refractivity contribution in [1.82, 2.24) is 9.62 Å². The van der Waals surface area contributed by atoms with Gasteiger partial charge >= 0.3 is 0 Å². The molecule has 0 aromatic heterocycles. The largest absolute Gasteiger partial charge is 0.315 e. The molecule has 1 aliphatic rings. The predicted octanol–water partition coefficient (Wildman–Crippen LogP) is 1.07. The van der Waals surface area contributed by atoms with E-state index in [1.165, 1.54) is 0 Å². The van der Waals surface area contributed by atoms with Crippen molar-refractivity contribution < 1.29 is 8.42 Å². The van der Waals surface area contributed by atoms with E-state index in [1.807, 2.05) is 13.0 Å². The molecule has 1 atom stereocenters. The highest BCUT2D eigenvalue weighted by molar-refractivity contribution is 7.88. The van der Waals surface area contributed by atoms with Crippen LogP contribution >= 0.6 is 0 Å². The van der Waals surface area contributed by atoms with Crippen LogP contribution in [0.25, 0.3) is 0 Å². The summed E-state index contributed by atoms with van der Waals surface area (Å²) in [6, 6.07) is 8.94. The van der Waals surface area contributed by atoms with Crippen LogP contribution in [-0.4, -0.2) is 38.4 Å². The molecular formula is C14H19N3O2S. The Bertz CT molecular complexity index is 601. The smallest absolute Gasteiger partial charge is 0.218 e. The van der Waals surface area contributed by atoms with Crippen LogP contribution < -0.4 is 5.32 Å². The molecule has 0 saturated carbocycles. The zero-order valence-electron chi connectivity index (χ0n) is 11.5. The Labute approximate surface area is 120 Å². The van der Waals surface area contributed by atoms with Crippen molar-refractivity contribution in [2.24, 2.45) is 0 Å². The molecule has 5 nitrogen and oxygen atoms in total. The first-order valence-electron chi connectivity index (χ1n) is 6.76.